The van der Waals surface area contributed by atoms with Crippen LogP contribution in [0.5, 0.6) is 0 Å². The van der Waals surface area contributed by atoms with Crippen molar-refractivity contribution in [1.82, 2.24) is 4.57 Å². The average Bonchev–Trinajstić information content (AvgIpc) is 2.97. The van der Waals surface area contributed by atoms with Gasteiger partial charge >= 0.3 is 0 Å². The van der Waals surface area contributed by atoms with E-state index in [1.54, 1.807) is 6.07 Å². The van der Waals surface area contributed by atoms with Gasteiger partial charge in [-0.3, -0.25) is 4.79 Å². The first-order valence-corrected chi connectivity index (χ1v) is 5.23. The summed E-state index contributed by atoms with van der Waals surface area (Å²) >= 11 is 0. The van der Waals surface area contributed by atoms with Gasteiger partial charge in [0, 0.05) is 12.2 Å². The molecular formula is C11H16N2O. The van der Waals surface area contributed by atoms with E-state index in [9.17, 15) is 4.79 Å². The summed E-state index contributed by atoms with van der Waals surface area (Å²) in [6.07, 6.45) is 3.41. The zero-order valence-corrected chi connectivity index (χ0v) is 8.49. The molecule has 1 aliphatic rings. The van der Waals surface area contributed by atoms with Crippen LogP contribution in [0.2, 0.25) is 0 Å². The average molecular weight is 192 g/mol. The number of nitrogens with two attached hydrogens (primary N) is 1. The van der Waals surface area contributed by atoms with Crippen LogP contribution in [-0.4, -0.2) is 4.57 Å². The molecule has 14 heavy (non-hydrogen) atoms. The number of hydrogen-bond acceptors (Lipinski definition) is 2. The lowest BCUT2D eigenvalue weighted by molar-refractivity contribution is 0.621. The molecule has 1 heterocycles. The van der Waals surface area contributed by atoms with Gasteiger partial charge in [0.15, 0.2) is 0 Å². The molecule has 2 rings (SSSR count). The minimum absolute atomic E-state index is 0.0174. The predicted octanol–water partition coefficient (Wildman–Crippen LogP) is 1.72. The minimum atomic E-state index is -0.0174. The zero-order valence-electron chi connectivity index (χ0n) is 8.49. The molecule has 76 valence electrons. The molecule has 1 aliphatic carbocycles. The third-order valence-electron chi connectivity index (χ3n) is 2.68. The van der Waals surface area contributed by atoms with Crippen molar-refractivity contribution in [3.8, 4) is 0 Å². The van der Waals surface area contributed by atoms with Gasteiger partial charge in [-0.25, -0.2) is 0 Å². The fourth-order valence-electron chi connectivity index (χ4n) is 1.80. The summed E-state index contributed by atoms with van der Waals surface area (Å²) in [7, 11) is 0. The van der Waals surface area contributed by atoms with Crippen LogP contribution < -0.4 is 11.3 Å². The standard InChI is InChI=1S/C11H16N2O/c1-2-7-13-10(8-3-4-8)6-5-9(12)11(13)14/h5-6,8H,2-4,7,12H2,1H3. The lowest BCUT2D eigenvalue weighted by Crippen LogP contribution is -2.25. The van der Waals surface area contributed by atoms with Gasteiger partial charge in [-0.2, -0.15) is 0 Å². The van der Waals surface area contributed by atoms with Crippen LogP contribution in [-0.2, 0) is 6.54 Å². The Hall–Kier alpha value is -1.25. The first-order valence-electron chi connectivity index (χ1n) is 5.23. The molecule has 1 saturated carbocycles. The van der Waals surface area contributed by atoms with E-state index < -0.39 is 0 Å². The van der Waals surface area contributed by atoms with Crippen LogP contribution in [0.15, 0.2) is 16.9 Å². The highest BCUT2D eigenvalue weighted by Crippen LogP contribution is 2.39. The lowest BCUT2D eigenvalue weighted by Gasteiger charge is -2.11. The number of rotatable bonds is 3. The molecule has 0 atom stereocenters. The molecular weight excluding hydrogens is 176 g/mol. The topological polar surface area (TPSA) is 48.0 Å². The Kier molecular flexibility index (Phi) is 2.32. The van der Waals surface area contributed by atoms with E-state index in [-0.39, 0.29) is 5.56 Å². The van der Waals surface area contributed by atoms with Crippen LogP contribution in [0.3, 0.4) is 0 Å². The smallest absolute Gasteiger partial charge is 0.273 e. The Morgan fingerprint density at radius 1 is 1.50 bits per heavy atom. The quantitative estimate of drug-likeness (QED) is 0.792. The van der Waals surface area contributed by atoms with Crippen molar-refractivity contribution < 1.29 is 0 Å². The van der Waals surface area contributed by atoms with Crippen molar-refractivity contribution in [2.45, 2.75) is 38.6 Å². The van der Waals surface area contributed by atoms with Gasteiger partial charge in [0.25, 0.3) is 5.56 Å². The number of anilines is 1. The number of nitrogen functional groups attached to an aromatic ring is 1. The van der Waals surface area contributed by atoms with Crippen molar-refractivity contribution in [2.24, 2.45) is 0 Å². The molecule has 0 amide bonds. The molecule has 1 aromatic heterocycles. The molecule has 0 aromatic carbocycles. The summed E-state index contributed by atoms with van der Waals surface area (Å²) in [4.78, 5) is 11.7. The van der Waals surface area contributed by atoms with Crippen molar-refractivity contribution in [3.05, 3.63) is 28.2 Å². The molecule has 0 saturated heterocycles. The highest BCUT2D eigenvalue weighted by molar-refractivity contribution is 5.37. The number of nitrogens with zero attached hydrogens (tertiary/aromatic N) is 1. The Bertz CT molecular complexity index is 391. The third-order valence-corrected chi connectivity index (χ3v) is 2.68. The van der Waals surface area contributed by atoms with Crippen LogP contribution >= 0.6 is 0 Å². The van der Waals surface area contributed by atoms with Gasteiger partial charge in [0.2, 0.25) is 0 Å². The van der Waals surface area contributed by atoms with Gasteiger partial charge < -0.3 is 10.3 Å². The van der Waals surface area contributed by atoms with Crippen LogP contribution in [0.25, 0.3) is 0 Å². The van der Waals surface area contributed by atoms with E-state index in [0.29, 0.717) is 11.6 Å². The van der Waals surface area contributed by atoms with Gasteiger partial charge in [0.1, 0.15) is 0 Å². The molecule has 0 bridgehead atoms. The summed E-state index contributed by atoms with van der Waals surface area (Å²) in [6.45, 7) is 2.86. The Morgan fingerprint density at radius 2 is 2.21 bits per heavy atom. The molecule has 0 spiro atoms. The van der Waals surface area contributed by atoms with E-state index in [4.69, 9.17) is 5.73 Å². The fourth-order valence-corrected chi connectivity index (χ4v) is 1.80. The second-order valence-corrected chi connectivity index (χ2v) is 3.94. The number of aromatic nitrogens is 1. The largest absolute Gasteiger partial charge is 0.394 e. The van der Waals surface area contributed by atoms with E-state index in [0.717, 1.165) is 13.0 Å². The highest BCUT2D eigenvalue weighted by Gasteiger charge is 2.26. The second kappa shape index (κ2) is 3.48. The molecule has 3 nitrogen and oxygen atoms in total. The fraction of sp³-hybridized carbons (Fsp3) is 0.545. The molecule has 0 aliphatic heterocycles. The first-order chi connectivity index (χ1) is 6.74. The minimum Gasteiger partial charge on any atom is -0.394 e. The SMILES string of the molecule is CCCn1c(C2CC2)ccc(N)c1=O. The van der Waals surface area contributed by atoms with Crippen LogP contribution in [0.1, 0.15) is 37.8 Å². The van der Waals surface area contributed by atoms with Gasteiger partial charge in [0.05, 0.1) is 5.69 Å². The van der Waals surface area contributed by atoms with Crippen molar-refractivity contribution in [1.29, 1.82) is 0 Å². The molecule has 0 radical (unpaired) electrons. The summed E-state index contributed by atoms with van der Waals surface area (Å²) < 4.78 is 1.84. The van der Waals surface area contributed by atoms with Gasteiger partial charge in [-0.1, -0.05) is 6.92 Å². The van der Waals surface area contributed by atoms with Crippen molar-refractivity contribution in [3.63, 3.8) is 0 Å². The highest BCUT2D eigenvalue weighted by atomic mass is 16.1. The van der Waals surface area contributed by atoms with Crippen LogP contribution in [0.4, 0.5) is 5.69 Å². The molecule has 3 heteroatoms. The van der Waals surface area contributed by atoms with Gasteiger partial charge in [-0.15, -0.1) is 0 Å². The van der Waals surface area contributed by atoms with E-state index in [1.807, 2.05) is 10.6 Å². The van der Waals surface area contributed by atoms with Crippen molar-refractivity contribution in [2.75, 3.05) is 5.73 Å². The summed E-state index contributed by atoms with van der Waals surface area (Å²) in [5, 5.41) is 0. The molecule has 1 aromatic rings. The van der Waals surface area contributed by atoms with E-state index >= 15 is 0 Å². The first kappa shape index (κ1) is 9.31. The zero-order chi connectivity index (χ0) is 10.1. The summed E-state index contributed by atoms with van der Waals surface area (Å²) in [5.41, 5.74) is 7.13. The normalized spacial score (nSPS) is 15.8. The Balaban J connectivity index is 2.48. The maximum Gasteiger partial charge on any atom is 0.273 e. The van der Waals surface area contributed by atoms with E-state index in [2.05, 4.69) is 6.92 Å². The molecule has 0 unspecified atom stereocenters. The van der Waals surface area contributed by atoms with Crippen molar-refractivity contribution >= 4 is 5.69 Å². The maximum atomic E-state index is 11.7. The number of pyridine rings is 1. The maximum absolute atomic E-state index is 11.7. The third kappa shape index (κ3) is 1.54. The van der Waals surface area contributed by atoms with Crippen LogP contribution in [0, 0.1) is 0 Å². The lowest BCUT2D eigenvalue weighted by atomic mass is 10.2. The molecule has 2 N–H and O–H groups in total. The summed E-state index contributed by atoms with van der Waals surface area (Å²) in [6, 6.07) is 3.74. The predicted molar refractivity (Wildman–Crippen MR) is 57.4 cm³/mol. The van der Waals surface area contributed by atoms with Gasteiger partial charge in [-0.05, 0) is 37.3 Å². The Morgan fingerprint density at radius 3 is 2.79 bits per heavy atom. The number of hydrogen-bond donors (Lipinski definition) is 1. The van der Waals surface area contributed by atoms with E-state index in [1.165, 1.54) is 18.5 Å². The summed E-state index contributed by atoms with van der Waals surface area (Å²) in [5.74, 6) is 0.606. The second-order valence-electron chi connectivity index (χ2n) is 3.94. The molecule has 1 fully saturated rings. The Labute approximate surface area is 83.5 Å². The monoisotopic (exact) mass is 192 g/mol.